The van der Waals surface area contributed by atoms with Gasteiger partial charge in [-0.3, -0.25) is 9.59 Å². The van der Waals surface area contributed by atoms with Crippen molar-refractivity contribution in [1.29, 1.82) is 0 Å². The molecule has 0 unspecified atom stereocenters. The van der Waals surface area contributed by atoms with Crippen LogP contribution in [0.4, 0.5) is 0 Å². The summed E-state index contributed by atoms with van der Waals surface area (Å²) in [5, 5.41) is 7.17. The molecule has 2 aromatic rings. The molecule has 2 N–H and O–H groups in total. The number of aromatic nitrogens is 1. The molecule has 0 spiro atoms. The fourth-order valence-electron chi connectivity index (χ4n) is 2.51. The molecular weight excluding hydrogens is 352 g/mol. The average molecular weight is 375 g/mol. The number of carbonyl (C=O) groups is 2. The van der Waals surface area contributed by atoms with Crippen LogP contribution in [0.2, 0.25) is 5.02 Å². The zero-order chi connectivity index (χ0) is 19.3. The second kappa shape index (κ2) is 8.67. The lowest BCUT2D eigenvalue weighted by Gasteiger charge is -2.10. The summed E-state index contributed by atoms with van der Waals surface area (Å²) >= 11 is 5.95. The van der Waals surface area contributed by atoms with E-state index in [1.165, 1.54) is 6.21 Å². The Morgan fingerprint density at radius 2 is 1.88 bits per heavy atom. The lowest BCUT2D eigenvalue weighted by Crippen LogP contribution is -2.41. The number of rotatable bonds is 5. The molecule has 2 amide bonds. The number of aryl methyl sites for hydroxylation is 1. The van der Waals surface area contributed by atoms with Crippen molar-refractivity contribution in [2.24, 2.45) is 5.10 Å². The summed E-state index contributed by atoms with van der Waals surface area (Å²) in [4.78, 5) is 23.4. The Kier molecular flexibility index (Phi) is 6.58. The number of amides is 2. The maximum atomic E-state index is 11.7. The molecule has 0 aliphatic carbocycles. The average Bonchev–Trinajstić information content (AvgIpc) is 2.89. The first-order valence-corrected chi connectivity index (χ1v) is 8.80. The van der Waals surface area contributed by atoms with Gasteiger partial charge in [0.1, 0.15) is 0 Å². The number of hydrogen-bond donors (Lipinski definition) is 2. The minimum absolute atomic E-state index is 0.0597. The molecule has 26 heavy (non-hydrogen) atoms. The van der Waals surface area contributed by atoms with Gasteiger partial charge in [-0.1, -0.05) is 18.5 Å². The van der Waals surface area contributed by atoms with Crippen LogP contribution >= 0.6 is 11.6 Å². The lowest BCUT2D eigenvalue weighted by molar-refractivity contribution is -0.139. The van der Waals surface area contributed by atoms with E-state index in [0.717, 1.165) is 29.1 Å². The fourth-order valence-corrected chi connectivity index (χ4v) is 2.63. The largest absolute Gasteiger partial charge is 0.345 e. The van der Waals surface area contributed by atoms with E-state index in [2.05, 4.69) is 20.4 Å². The van der Waals surface area contributed by atoms with Crippen LogP contribution in [0.25, 0.3) is 5.69 Å². The normalized spacial score (nSPS) is 12.2. The molecule has 6 nitrogen and oxygen atoms in total. The fraction of sp³-hybridized carbons (Fsp3) is 0.316. The minimum atomic E-state index is -0.784. The first kappa shape index (κ1) is 19.7. The minimum Gasteiger partial charge on any atom is -0.345 e. The third-order valence-electron chi connectivity index (χ3n) is 4.12. The van der Waals surface area contributed by atoms with Crippen LogP contribution in [-0.4, -0.2) is 28.6 Å². The molecule has 0 radical (unpaired) electrons. The van der Waals surface area contributed by atoms with Crippen LogP contribution in [0.5, 0.6) is 0 Å². The smallest absolute Gasteiger partial charge is 0.329 e. The molecule has 0 bridgehead atoms. The van der Waals surface area contributed by atoms with Crippen molar-refractivity contribution in [1.82, 2.24) is 15.3 Å². The van der Waals surface area contributed by atoms with Gasteiger partial charge >= 0.3 is 11.8 Å². The summed E-state index contributed by atoms with van der Waals surface area (Å²) in [7, 11) is 0. The molecule has 0 saturated carbocycles. The second-order valence-corrected chi connectivity index (χ2v) is 6.56. The van der Waals surface area contributed by atoms with Crippen molar-refractivity contribution < 1.29 is 9.59 Å². The van der Waals surface area contributed by atoms with Crippen LogP contribution in [0, 0.1) is 13.8 Å². The summed E-state index contributed by atoms with van der Waals surface area (Å²) in [6.45, 7) is 7.70. The quantitative estimate of drug-likeness (QED) is 0.479. The molecule has 1 atom stereocenters. The number of nitrogens with one attached hydrogen (secondary N) is 2. The van der Waals surface area contributed by atoms with Crippen molar-refractivity contribution in [3.05, 3.63) is 52.3 Å². The highest BCUT2D eigenvalue weighted by molar-refractivity contribution is 6.35. The number of carbonyl (C=O) groups excluding carboxylic acids is 2. The van der Waals surface area contributed by atoms with Crippen LogP contribution in [0.15, 0.2) is 35.4 Å². The molecule has 1 heterocycles. The van der Waals surface area contributed by atoms with Gasteiger partial charge in [-0.15, -0.1) is 0 Å². The van der Waals surface area contributed by atoms with Crippen molar-refractivity contribution >= 4 is 29.6 Å². The van der Waals surface area contributed by atoms with Crippen LogP contribution in [0.1, 0.15) is 37.2 Å². The molecule has 7 heteroatoms. The molecule has 1 aromatic heterocycles. The number of nitrogens with zero attached hydrogens (tertiary/aromatic N) is 2. The van der Waals surface area contributed by atoms with Crippen molar-refractivity contribution in [2.45, 2.75) is 40.2 Å². The Bertz CT molecular complexity index is 825. The third kappa shape index (κ3) is 4.73. The van der Waals surface area contributed by atoms with E-state index in [1.807, 2.05) is 58.0 Å². The predicted octanol–water partition coefficient (Wildman–Crippen LogP) is 3.11. The third-order valence-corrected chi connectivity index (χ3v) is 4.37. The zero-order valence-corrected chi connectivity index (χ0v) is 16.1. The number of benzene rings is 1. The summed E-state index contributed by atoms with van der Waals surface area (Å²) in [5.74, 6) is -1.48. The van der Waals surface area contributed by atoms with Gasteiger partial charge in [-0.05, 0) is 57.5 Å². The van der Waals surface area contributed by atoms with Crippen molar-refractivity contribution in [2.75, 3.05) is 0 Å². The van der Waals surface area contributed by atoms with E-state index in [1.54, 1.807) is 0 Å². The first-order chi connectivity index (χ1) is 12.3. The Hall–Kier alpha value is -2.60. The Balaban J connectivity index is 2.10. The van der Waals surface area contributed by atoms with Gasteiger partial charge < -0.3 is 9.88 Å². The van der Waals surface area contributed by atoms with Gasteiger partial charge in [-0.2, -0.15) is 5.10 Å². The molecule has 2 rings (SSSR count). The van der Waals surface area contributed by atoms with E-state index >= 15 is 0 Å². The summed E-state index contributed by atoms with van der Waals surface area (Å²) in [6, 6.07) is 9.43. The highest BCUT2D eigenvalue weighted by atomic mass is 35.5. The Labute approximate surface area is 158 Å². The molecular formula is C19H23ClN4O2. The standard InChI is InChI=1S/C19H23ClN4O2/c1-5-12(2)22-18(25)19(26)23-21-11-15-10-13(3)24(14(15)4)17-8-6-16(20)7-9-17/h6-12H,5H2,1-4H3,(H,22,25)(H,23,26)/b21-11-/t12-/m1/s1. The van der Waals surface area contributed by atoms with Gasteiger partial charge in [0.15, 0.2) is 0 Å². The van der Waals surface area contributed by atoms with Crippen LogP contribution in [0.3, 0.4) is 0 Å². The van der Waals surface area contributed by atoms with E-state index < -0.39 is 11.8 Å². The molecule has 0 fully saturated rings. The van der Waals surface area contributed by atoms with Gasteiger partial charge in [0.25, 0.3) is 0 Å². The predicted molar refractivity (Wildman–Crippen MR) is 104 cm³/mol. The highest BCUT2D eigenvalue weighted by Crippen LogP contribution is 2.21. The van der Waals surface area contributed by atoms with Gasteiger partial charge in [0, 0.05) is 33.7 Å². The summed E-state index contributed by atoms with van der Waals surface area (Å²) in [5.41, 5.74) is 6.07. The van der Waals surface area contributed by atoms with E-state index in [0.29, 0.717) is 5.02 Å². The second-order valence-electron chi connectivity index (χ2n) is 6.12. The van der Waals surface area contributed by atoms with Gasteiger partial charge in [0.2, 0.25) is 0 Å². The highest BCUT2D eigenvalue weighted by Gasteiger charge is 2.14. The van der Waals surface area contributed by atoms with Crippen molar-refractivity contribution in [3.8, 4) is 5.69 Å². The molecule has 0 aliphatic rings. The van der Waals surface area contributed by atoms with Gasteiger partial charge in [-0.25, -0.2) is 5.43 Å². The molecule has 1 aromatic carbocycles. The van der Waals surface area contributed by atoms with Crippen LogP contribution in [-0.2, 0) is 9.59 Å². The maximum Gasteiger partial charge on any atom is 0.329 e. The number of hydrazone groups is 1. The summed E-state index contributed by atoms with van der Waals surface area (Å²) < 4.78 is 2.06. The van der Waals surface area contributed by atoms with Crippen LogP contribution < -0.4 is 10.7 Å². The van der Waals surface area contributed by atoms with E-state index in [9.17, 15) is 9.59 Å². The SMILES string of the molecule is CC[C@@H](C)NC(=O)C(=O)N/N=C\c1cc(C)n(-c2ccc(Cl)cc2)c1C. The lowest BCUT2D eigenvalue weighted by atomic mass is 10.2. The van der Waals surface area contributed by atoms with E-state index in [-0.39, 0.29) is 6.04 Å². The topological polar surface area (TPSA) is 75.5 Å². The van der Waals surface area contributed by atoms with Crippen molar-refractivity contribution in [3.63, 3.8) is 0 Å². The zero-order valence-electron chi connectivity index (χ0n) is 15.3. The maximum absolute atomic E-state index is 11.7. The number of hydrogen-bond acceptors (Lipinski definition) is 3. The molecule has 138 valence electrons. The molecule has 0 aliphatic heterocycles. The Morgan fingerprint density at radius 3 is 2.50 bits per heavy atom. The Morgan fingerprint density at radius 1 is 1.23 bits per heavy atom. The van der Waals surface area contributed by atoms with E-state index in [4.69, 9.17) is 11.6 Å². The first-order valence-electron chi connectivity index (χ1n) is 8.42. The number of halogens is 1. The monoisotopic (exact) mass is 374 g/mol. The van der Waals surface area contributed by atoms with Gasteiger partial charge in [0.05, 0.1) is 6.21 Å². The molecule has 0 saturated heterocycles. The summed E-state index contributed by atoms with van der Waals surface area (Å²) in [6.07, 6.45) is 2.28.